The second-order valence-corrected chi connectivity index (χ2v) is 4.79. The van der Waals surface area contributed by atoms with Crippen LogP contribution in [0.3, 0.4) is 0 Å². The standard InChI is InChI=1S/C16H18O2/c1-5-6-11(3)14-9-13-12(4)7-10(2)8-15(13)18-16(14)17/h7-9H,3,5-6H2,1-2,4H3. The maximum atomic E-state index is 11.9. The van der Waals surface area contributed by atoms with Gasteiger partial charge in [0.1, 0.15) is 5.58 Å². The summed E-state index contributed by atoms with van der Waals surface area (Å²) in [6.07, 6.45) is 1.80. The van der Waals surface area contributed by atoms with E-state index in [1.807, 2.05) is 26.0 Å². The van der Waals surface area contributed by atoms with Crippen molar-refractivity contribution in [2.24, 2.45) is 0 Å². The normalized spacial score (nSPS) is 10.8. The van der Waals surface area contributed by atoms with Crippen LogP contribution in [0.1, 0.15) is 36.5 Å². The van der Waals surface area contributed by atoms with Crippen molar-refractivity contribution in [1.29, 1.82) is 0 Å². The van der Waals surface area contributed by atoms with Gasteiger partial charge in [-0.1, -0.05) is 26.0 Å². The van der Waals surface area contributed by atoms with E-state index in [9.17, 15) is 4.79 Å². The zero-order chi connectivity index (χ0) is 13.3. The van der Waals surface area contributed by atoms with Crippen LogP contribution in [-0.4, -0.2) is 0 Å². The summed E-state index contributed by atoms with van der Waals surface area (Å²) >= 11 is 0. The van der Waals surface area contributed by atoms with E-state index in [-0.39, 0.29) is 5.63 Å². The Balaban J connectivity index is 2.69. The van der Waals surface area contributed by atoms with Gasteiger partial charge in [0.05, 0.1) is 5.56 Å². The highest BCUT2D eigenvalue weighted by Crippen LogP contribution is 2.23. The molecule has 2 aromatic rings. The summed E-state index contributed by atoms with van der Waals surface area (Å²) in [4.78, 5) is 11.9. The van der Waals surface area contributed by atoms with Gasteiger partial charge in [-0.3, -0.25) is 0 Å². The quantitative estimate of drug-likeness (QED) is 0.754. The molecule has 1 heterocycles. The molecular weight excluding hydrogens is 224 g/mol. The van der Waals surface area contributed by atoms with Crippen LogP contribution < -0.4 is 5.63 Å². The summed E-state index contributed by atoms with van der Waals surface area (Å²) in [5.74, 6) is 0. The maximum absolute atomic E-state index is 11.9. The fourth-order valence-corrected chi connectivity index (χ4v) is 2.25. The first-order valence-electron chi connectivity index (χ1n) is 6.26. The van der Waals surface area contributed by atoms with Crippen molar-refractivity contribution in [2.45, 2.75) is 33.6 Å². The summed E-state index contributed by atoms with van der Waals surface area (Å²) in [6, 6.07) is 5.90. The molecule has 0 spiro atoms. The fraction of sp³-hybridized carbons (Fsp3) is 0.312. The monoisotopic (exact) mass is 242 g/mol. The molecule has 94 valence electrons. The van der Waals surface area contributed by atoms with Gasteiger partial charge in [-0.2, -0.15) is 0 Å². The van der Waals surface area contributed by atoms with Crippen molar-refractivity contribution in [3.05, 3.63) is 51.9 Å². The Morgan fingerprint density at radius 3 is 2.67 bits per heavy atom. The number of aryl methyl sites for hydroxylation is 2. The predicted octanol–water partition coefficient (Wildman–Crippen LogP) is 4.22. The highest BCUT2D eigenvalue weighted by Gasteiger charge is 2.09. The average molecular weight is 242 g/mol. The fourth-order valence-electron chi connectivity index (χ4n) is 2.25. The second kappa shape index (κ2) is 4.81. The highest BCUT2D eigenvalue weighted by atomic mass is 16.4. The molecule has 2 nitrogen and oxygen atoms in total. The van der Waals surface area contributed by atoms with E-state index < -0.39 is 0 Å². The van der Waals surface area contributed by atoms with Crippen molar-refractivity contribution in [3.8, 4) is 0 Å². The zero-order valence-electron chi connectivity index (χ0n) is 11.2. The van der Waals surface area contributed by atoms with Gasteiger partial charge >= 0.3 is 5.63 Å². The summed E-state index contributed by atoms with van der Waals surface area (Å²) in [5, 5.41) is 0.993. The first-order chi connectivity index (χ1) is 8.52. The molecule has 0 radical (unpaired) electrons. The minimum atomic E-state index is -0.286. The van der Waals surface area contributed by atoms with Crippen molar-refractivity contribution in [2.75, 3.05) is 0 Å². The Kier molecular flexibility index (Phi) is 3.37. The van der Waals surface area contributed by atoms with Crippen LogP contribution >= 0.6 is 0 Å². The van der Waals surface area contributed by atoms with Crippen molar-refractivity contribution in [1.82, 2.24) is 0 Å². The topological polar surface area (TPSA) is 30.2 Å². The lowest BCUT2D eigenvalue weighted by Crippen LogP contribution is -2.06. The van der Waals surface area contributed by atoms with Crippen molar-refractivity contribution < 1.29 is 4.42 Å². The van der Waals surface area contributed by atoms with E-state index in [1.165, 1.54) is 0 Å². The van der Waals surface area contributed by atoms with E-state index in [0.29, 0.717) is 11.1 Å². The first kappa shape index (κ1) is 12.6. The molecule has 0 aliphatic heterocycles. The smallest absolute Gasteiger partial charge is 0.343 e. The number of hydrogen-bond donors (Lipinski definition) is 0. The zero-order valence-corrected chi connectivity index (χ0v) is 11.2. The Morgan fingerprint density at radius 2 is 2.00 bits per heavy atom. The van der Waals surface area contributed by atoms with Crippen molar-refractivity contribution >= 4 is 16.5 Å². The first-order valence-corrected chi connectivity index (χ1v) is 6.26. The van der Waals surface area contributed by atoms with Crippen molar-refractivity contribution in [3.63, 3.8) is 0 Å². The van der Waals surface area contributed by atoms with Crippen LogP contribution in [-0.2, 0) is 0 Å². The molecule has 0 saturated heterocycles. The number of benzene rings is 1. The third-order valence-electron chi connectivity index (χ3n) is 3.14. The second-order valence-electron chi connectivity index (χ2n) is 4.79. The molecule has 0 aliphatic carbocycles. The largest absolute Gasteiger partial charge is 0.422 e. The molecule has 0 N–H and O–H groups in total. The minimum absolute atomic E-state index is 0.286. The van der Waals surface area contributed by atoms with E-state index in [4.69, 9.17) is 4.42 Å². The van der Waals surface area contributed by atoms with Gasteiger partial charge in [-0.25, -0.2) is 4.79 Å². The van der Waals surface area contributed by atoms with Crippen LogP contribution in [0.25, 0.3) is 16.5 Å². The summed E-state index contributed by atoms with van der Waals surface area (Å²) in [6.45, 7) is 10.1. The van der Waals surface area contributed by atoms with Crippen LogP contribution in [0.15, 0.2) is 34.0 Å². The minimum Gasteiger partial charge on any atom is -0.422 e. The number of rotatable bonds is 3. The van der Waals surface area contributed by atoms with E-state index >= 15 is 0 Å². The highest BCUT2D eigenvalue weighted by molar-refractivity contribution is 5.84. The molecule has 0 amide bonds. The molecule has 1 aromatic carbocycles. The summed E-state index contributed by atoms with van der Waals surface area (Å²) in [7, 11) is 0. The molecule has 0 bridgehead atoms. The molecule has 1 aromatic heterocycles. The molecule has 0 unspecified atom stereocenters. The van der Waals surface area contributed by atoms with Gasteiger partial charge in [-0.05, 0) is 49.1 Å². The molecule has 0 aliphatic rings. The third-order valence-corrected chi connectivity index (χ3v) is 3.14. The van der Waals surface area contributed by atoms with Gasteiger partial charge in [0, 0.05) is 5.39 Å². The summed E-state index contributed by atoms with van der Waals surface area (Å²) in [5.41, 5.74) is 4.06. The lowest BCUT2D eigenvalue weighted by atomic mass is 10.0. The van der Waals surface area contributed by atoms with E-state index in [1.54, 1.807) is 0 Å². The lowest BCUT2D eigenvalue weighted by Gasteiger charge is -2.07. The van der Waals surface area contributed by atoms with E-state index in [2.05, 4.69) is 19.6 Å². The van der Waals surface area contributed by atoms with Gasteiger partial charge in [0.15, 0.2) is 0 Å². The SMILES string of the molecule is C=C(CCC)c1cc2c(C)cc(C)cc2oc1=O. The van der Waals surface area contributed by atoms with Crippen LogP contribution in [0, 0.1) is 13.8 Å². The van der Waals surface area contributed by atoms with E-state index in [0.717, 1.165) is 34.9 Å². The Bertz CT molecular complexity index is 663. The van der Waals surface area contributed by atoms with Crippen LogP contribution in [0.5, 0.6) is 0 Å². The molecule has 0 saturated carbocycles. The predicted molar refractivity (Wildman–Crippen MR) is 75.9 cm³/mol. The Hall–Kier alpha value is -1.83. The number of hydrogen-bond acceptors (Lipinski definition) is 2. The molecule has 18 heavy (non-hydrogen) atoms. The molecule has 2 rings (SSSR count). The Labute approximate surface area is 107 Å². The maximum Gasteiger partial charge on any atom is 0.343 e. The molecule has 2 heteroatoms. The average Bonchev–Trinajstić information content (AvgIpc) is 2.27. The number of fused-ring (bicyclic) bond motifs is 1. The summed E-state index contributed by atoms with van der Waals surface area (Å²) < 4.78 is 5.41. The third kappa shape index (κ3) is 2.23. The van der Waals surface area contributed by atoms with Gasteiger partial charge in [0.2, 0.25) is 0 Å². The van der Waals surface area contributed by atoms with Gasteiger partial charge in [0.25, 0.3) is 0 Å². The molecular formula is C16H18O2. The van der Waals surface area contributed by atoms with Crippen LogP contribution in [0.4, 0.5) is 0 Å². The molecule has 0 atom stereocenters. The number of allylic oxidation sites excluding steroid dienone is 1. The van der Waals surface area contributed by atoms with Gasteiger partial charge < -0.3 is 4.42 Å². The Morgan fingerprint density at radius 1 is 1.28 bits per heavy atom. The van der Waals surface area contributed by atoms with Crippen LogP contribution in [0.2, 0.25) is 0 Å². The molecule has 0 fully saturated rings. The van der Waals surface area contributed by atoms with Gasteiger partial charge in [-0.15, -0.1) is 0 Å². The lowest BCUT2D eigenvalue weighted by molar-refractivity contribution is 0.557.